The van der Waals surface area contributed by atoms with E-state index < -0.39 is 0 Å². The Hall–Kier alpha value is -2.55. The molecule has 0 saturated heterocycles. The summed E-state index contributed by atoms with van der Waals surface area (Å²) in [5, 5.41) is 0. The molecule has 3 rings (SSSR count). The molecular weight excluding hydrogens is 260 g/mol. The average Bonchev–Trinajstić information content (AvgIpc) is 2.93. The molecule has 0 radical (unpaired) electrons. The van der Waals surface area contributed by atoms with E-state index in [9.17, 15) is 0 Å². The summed E-state index contributed by atoms with van der Waals surface area (Å²) in [6, 6.07) is 16.0. The number of aromatic nitrogens is 2. The van der Waals surface area contributed by atoms with Crippen molar-refractivity contribution >= 4 is 11.0 Å². The Morgan fingerprint density at radius 2 is 1.95 bits per heavy atom. The summed E-state index contributed by atoms with van der Waals surface area (Å²) >= 11 is 0. The molecule has 1 aromatic heterocycles. The molecule has 0 bridgehead atoms. The molecule has 1 atom stereocenters. The Balaban J connectivity index is 1.85. The van der Waals surface area contributed by atoms with Crippen molar-refractivity contribution in [1.82, 2.24) is 9.97 Å². The van der Waals surface area contributed by atoms with Crippen molar-refractivity contribution in [2.75, 3.05) is 0 Å². The molecule has 1 N–H and O–H groups in total. The smallest absolute Gasteiger partial charge is 0.153 e. The number of allylic oxidation sites excluding steroid dienone is 1. The van der Waals surface area contributed by atoms with Crippen LogP contribution in [0.3, 0.4) is 0 Å². The molecule has 21 heavy (non-hydrogen) atoms. The van der Waals surface area contributed by atoms with Gasteiger partial charge >= 0.3 is 0 Å². The van der Waals surface area contributed by atoms with Crippen molar-refractivity contribution in [2.24, 2.45) is 0 Å². The molecule has 0 aliphatic rings. The number of benzene rings is 2. The summed E-state index contributed by atoms with van der Waals surface area (Å²) in [7, 11) is 0. The average molecular weight is 278 g/mol. The fourth-order valence-corrected chi connectivity index (χ4v) is 2.35. The number of hydrogen-bond donors (Lipinski definition) is 1. The molecule has 3 heteroatoms. The zero-order valence-corrected chi connectivity index (χ0v) is 12.0. The third kappa shape index (κ3) is 2.82. The molecule has 0 fully saturated rings. The largest absolute Gasteiger partial charge is 0.483 e. The number of rotatable bonds is 5. The second kappa shape index (κ2) is 5.83. The van der Waals surface area contributed by atoms with Crippen molar-refractivity contribution in [1.29, 1.82) is 0 Å². The number of ether oxygens (including phenoxy) is 1. The Bertz CT molecular complexity index is 728. The first-order valence-corrected chi connectivity index (χ1v) is 7.08. The first kappa shape index (κ1) is 13.4. The van der Waals surface area contributed by atoms with Crippen LogP contribution >= 0.6 is 0 Å². The van der Waals surface area contributed by atoms with E-state index in [1.807, 2.05) is 55.5 Å². The van der Waals surface area contributed by atoms with Gasteiger partial charge in [-0.25, -0.2) is 4.98 Å². The van der Waals surface area contributed by atoms with Gasteiger partial charge in [0.05, 0.1) is 11.0 Å². The molecule has 0 aliphatic carbocycles. The van der Waals surface area contributed by atoms with Gasteiger partial charge in [0, 0.05) is 0 Å². The van der Waals surface area contributed by atoms with E-state index in [1.165, 1.54) is 0 Å². The number of para-hydroxylation sites is 3. The van der Waals surface area contributed by atoms with E-state index in [1.54, 1.807) is 0 Å². The molecular formula is C18H18N2O. The van der Waals surface area contributed by atoms with E-state index in [2.05, 4.69) is 22.6 Å². The highest BCUT2D eigenvalue weighted by Crippen LogP contribution is 2.25. The lowest BCUT2D eigenvalue weighted by Crippen LogP contribution is -2.06. The molecule has 0 unspecified atom stereocenters. The zero-order valence-electron chi connectivity index (χ0n) is 12.0. The van der Waals surface area contributed by atoms with Gasteiger partial charge in [-0.1, -0.05) is 36.4 Å². The number of hydrogen-bond acceptors (Lipinski definition) is 2. The summed E-state index contributed by atoms with van der Waals surface area (Å²) in [6.45, 7) is 5.79. The number of fused-ring (bicyclic) bond motifs is 1. The van der Waals surface area contributed by atoms with Crippen molar-refractivity contribution in [3.63, 3.8) is 0 Å². The first-order chi connectivity index (χ1) is 10.3. The minimum Gasteiger partial charge on any atom is -0.483 e. The molecule has 2 aromatic carbocycles. The lowest BCUT2D eigenvalue weighted by Gasteiger charge is -2.15. The Labute approximate surface area is 124 Å². The van der Waals surface area contributed by atoms with E-state index in [0.29, 0.717) is 0 Å². The van der Waals surface area contributed by atoms with Crippen LogP contribution in [0.15, 0.2) is 61.2 Å². The molecule has 3 aromatic rings. The monoisotopic (exact) mass is 278 g/mol. The van der Waals surface area contributed by atoms with Gasteiger partial charge in [0.1, 0.15) is 11.6 Å². The summed E-state index contributed by atoms with van der Waals surface area (Å²) in [5.41, 5.74) is 3.13. The van der Waals surface area contributed by atoms with Crippen LogP contribution in [-0.4, -0.2) is 9.97 Å². The van der Waals surface area contributed by atoms with Crippen LogP contribution in [0.2, 0.25) is 0 Å². The maximum atomic E-state index is 6.07. The Kier molecular flexibility index (Phi) is 3.73. The van der Waals surface area contributed by atoms with Crippen LogP contribution in [-0.2, 0) is 6.42 Å². The van der Waals surface area contributed by atoms with Gasteiger partial charge in [-0.05, 0) is 37.1 Å². The normalized spacial score (nSPS) is 12.2. The quantitative estimate of drug-likeness (QED) is 0.701. The maximum absolute atomic E-state index is 6.07. The van der Waals surface area contributed by atoms with Gasteiger partial charge in [0.25, 0.3) is 0 Å². The van der Waals surface area contributed by atoms with E-state index in [-0.39, 0.29) is 6.10 Å². The van der Waals surface area contributed by atoms with Crippen molar-refractivity contribution < 1.29 is 4.74 Å². The van der Waals surface area contributed by atoms with E-state index in [4.69, 9.17) is 4.74 Å². The molecule has 0 spiro atoms. The number of nitrogens with one attached hydrogen (secondary N) is 1. The Morgan fingerprint density at radius 3 is 2.76 bits per heavy atom. The highest BCUT2D eigenvalue weighted by Gasteiger charge is 2.13. The van der Waals surface area contributed by atoms with Crippen LogP contribution in [0.5, 0.6) is 5.75 Å². The van der Waals surface area contributed by atoms with Crippen LogP contribution in [0.25, 0.3) is 11.0 Å². The van der Waals surface area contributed by atoms with Gasteiger partial charge in [-0.2, -0.15) is 0 Å². The summed E-state index contributed by atoms with van der Waals surface area (Å²) in [4.78, 5) is 7.89. The third-order valence-corrected chi connectivity index (χ3v) is 3.43. The fourth-order valence-electron chi connectivity index (χ4n) is 2.35. The van der Waals surface area contributed by atoms with Gasteiger partial charge in [-0.15, -0.1) is 6.58 Å². The highest BCUT2D eigenvalue weighted by atomic mass is 16.5. The lowest BCUT2D eigenvalue weighted by atomic mass is 10.1. The van der Waals surface area contributed by atoms with Crippen molar-refractivity contribution in [3.05, 3.63) is 72.6 Å². The van der Waals surface area contributed by atoms with Crippen molar-refractivity contribution in [2.45, 2.75) is 19.4 Å². The predicted octanol–water partition coefficient (Wildman–Crippen LogP) is 4.43. The van der Waals surface area contributed by atoms with Crippen LogP contribution < -0.4 is 4.74 Å². The molecule has 106 valence electrons. The standard InChI is InChI=1S/C18H18N2O/c1-3-8-14-9-4-7-12-17(14)21-13(2)18-19-15-10-5-6-11-16(15)20-18/h3-7,9-13H,1,8H2,2H3,(H,19,20)/t13-/m0/s1. The Morgan fingerprint density at radius 1 is 1.19 bits per heavy atom. The first-order valence-electron chi connectivity index (χ1n) is 7.08. The number of H-pyrrole nitrogens is 1. The van der Waals surface area contributed by atoms with Gasteiger partial charge < -0.3 is 9.72 Å². The summed E-state index contributed by atoms with van der Waals surface area (Å²) in [6.07, 6.45) is 2.54. The molecule has 3 nitrogen and oxygen atoms in total. The SMILES string of the molecule is C=CCc1ccccc1O[C@@H](C)c1nc2ccccc2[nH]1. The maximum Gasteiger partial charge on any atom is 0.153 e. The zero-order chi connectivity index (χ0) is 14.7. The summed E-state index contributed by atoms with van der Waals surface area (Å²) < 4.78 is 6.07. The number of nitrogens with zero attached hydrogens (tertiary/aromatic N) is 1. The molecule has 0 saturated carbocycles. The summed E-state index contributed by atoms with van der Waals surface area (Å²) in [5.74, 6) is 1.72. The molecule has 0 aliphatic heterocycles. The minimum atomic E-state index is -0.136. The number of aromatic amines is 1. The van der Waals surface area contributed by atoms with Gasteiger partial charge in [-0.3, -0.25) is 0 Å². The van der Waals surface area contributed by atoms with Crippen LogP contribution in [0, 0.1) is 0 Å². The second-order valence-corrected chi connectivity index (χ2v) is 5.00. The third-order valence-electron chi connectivity index (χ3n) is 3.43. The van der Waals surface area contributed by atoms with Crippen LogP contribution in [0.1, 0.15) is 24.4 Å². The van der Waals surface area contributed by atoms with Crippen LogP contribution in [0.4, 0.5) is 0 Å². The highest BCUT2D eigenvalue weighted by molar-refractivity contribution is 5.74. The van der Waals surface area contributed by atoms with E-state index >= 15 is 0 Å². The second-order valence-electron chi connectivity index (χ2n) is 5.00. The van der Waals surface area contributed by atoms with Crippen molar-refractivity contribution in [3.8, 4) is 5.75 Å². The minimum absolute atomic E-state index is 0.136. The predicted molar refractivity (Wildman–Crippen MR) is 85.5 cm³/mol. The van der Waals surface area contributed by atoms with E-state index in [0.717, 1.165) is 34.6 Å². The fraction of sp³-hybridized carbons (Fsp3) is 0.167. The number of imidazole rings is 1. The van der Waals surface area contributed by atoms with Gasteiger partial charge in [0.2, 0.25) is 0 Å². The van der Waals surface area contributed by atoms with Gasteiger partial charge in [0.15, 0.2) is 6.10 Å². The molecule has 1 heterocycles. The lowest BCUT2D eigenvalue weighted by molar-refractivity contribution is 0.216. The topological polar surface area (TPSA) is 37.9 Å². The molecule has 0 amide bonds.